The van der Waals surface area contributed by atoms with Crippen LogP contribution in [0.2, 0.25) is 0 Å². The molecular formula is C25H30FN7O2. The van der Waals surface area contributed by atoms with Crippen molar-refractivity contribution in [3.05, 3.63) is 47.4 Å². The molecule has 184 valence electrons. The van der Waals surface area contributed by atoms with E-state index in [9.17, 15) is 9.59 Å². The Labute approximate surface area is 202 Å². The minimum Gasteiger partial charge on any atom is -0.339 e. The second-order valence-corrected chi connectivity index (χ2v) is 9.59. The van der Waals surface area contributed by atoms with Gasteiger partial charge in [0.05, 0.1) is 5.69 Å². The zero-order valence-corrected chi connectivity index (χ0v) is 20.1. The zero-order valence-electron chi connectivity index (χ0n) is 20.1. The van der Waals surface area contributed by atoms with E-state index in [1.165, 1.54) is 12.3 Å². The van der Waals surface area contributed by atoms with Crippen molar-refractivity contribution < 1.29 is 14.0 Å². The highest BCUT2D eigenvalue weighted by molar-refractivity contribution is 6.00. The van der Waals surface area contributed by atoms with E-state index in [-0.39, 0.29) is 17.6 Å². The summed E-state index contributed by atoms with van der Waals surface area (Å²) in [4.78, 5) is 30.8. The van der Waals surface area contributed by atoms with Crippen LogP contribution in [0.3, 0.4) is 0 Å². The number of nitrogens with one attached hydrogen (secondary N) is 3. The molecular weight excluding hydrogens is 449 g/mol. The molecule has 2 fully saturated rings. The largest absolute Gasteiger partial charge is 0.339 e. The van der Waals surface area contributed by atoms with Crippen LogP contribution in [0.4, 0.5) is 10.2 Å². The molecule has 9 nitrogen and oxygen atoms in total. The van der Waals surface area contributed by atoms with E-state index in [0.717, 1.165) is 42.6 Å². The fourth-order valence-corrected chi connectivity index (χ4v) is 5.06. The highest BCUT2D eigenvalue weighted by Gasteiger charge is 2.48. The van der Waals surface area contributed by atoms with Gasteiger partial charge < -0.3 is 10.6 Å². The van der Waals surface area contributed by atoms with Gasteiger partial charge in [0.15, 0.2) is 11.6 Å². The number of aryl methyl sites for hydroxylation is 3. The van der Waals surface area contributed by atoms with E-state index in [2.05, 4.69) is 30.9 Å². The minimum atomic E-state index is -0.776. The molecule has 0 unspecified atom stereocenters. The Morgan fingerprint density at radius 2 is 1.94 bits per heavy atom. The molecule has 35 heavy (non-hydrogen) atoms. The number of H-pyrrole nitrogens is 1. The molecule has 2 saturated carbocycles. The lowest BCUT2D eigenvalue weighted by molar-refractivity contribution is -0.119. The SMILES string of the molecule is CCn1nccc1C(=O)N[C@H](C(=O)Nc1ncc(-c2c(C)n[nH]c2C)cc1F)C(C1CC1)C1CC1. The molecule has 0 spiro atoms. The van der Waals surface area contributed by atoms with Gasteiger partial charge in [0.1, 0.15) is 11.7 Å². The van der Waals surface area contributed by atoms with Gasteiger partial charge >= 0.3 is 0 Å². The van der Waals surface area contributed by atoms with Crippen molar-refractivity contribution >= 4 is 17.6 Å². The fourth-order valence-electron chi connectivity index (χ4n) is 5.06. The molecule has 5 rings (SSSR count). The van der Waals surface area contributed by atoms with Crippen LogP contribution in [-0.4, -0.2) is 42.8 Å². The predicted molar refractivity (Wildman–Crippen MR) is 128 cm³/mol. The third-order valence-electron chi connectivity index (χ3n) is 7.03. The number of carbonyl (C=O) groups is 2. The quantitative estimate of drug-likeness (QED) is 0.433. The summed E-state index contributed by atoms with van der Waals surface area (Å²) in [6.45, 7) is 6.13. The van der Waals surface area contributed by atoms with E-state index in [1.54, 1.807) is 16.9 Å². The van der Waals surface area contributed by atoms with Crippen LogP contribution >= 0.6 is 0 Å². The summed E-state index contributed by atoms with van der Waals surface area (Å²) in [5, 5.41) is 16.8. The Bertz CT molecular complexity index is 1230. The van der Waals surface area contributed by atoms with Crippen molar-refractivity contribution in [2.75, 3.05) is 5.32 Å². The lowest BCUT2D eigenvalue weighted by atomic mass is 9.88. The molecule has 0 aromatic carbocycles. The smallest absolute Gasteiger partial charge is 0.270 e. The molecule has 3 heterocycles. The van der Waals surface area contributed by atoms with E-state index < -0.39 is 17.8 Å². The van der Waals surface area contributed by atoms with Crippen LogP contribution < -0.4 is 10.6 Å². The molecule has 2 aliphatic carbocycles. The third kappa shape index (κ3) is 4.69. The van der Waals surface area contributed by atoms with Crippen LogP contribution in [0.15, 0.2) is 24.5 Å². The number of halogens is 1. The second kappa shape index (κ2) is 9.24. The van der Waals surface area contributed by atoms with Crippen molar-refractivity contribution in [3.63, 3.8) is 0 Å². The number of rotatable bonds is 9. The molecule has 3 N–H and O–H groups in total. The number of nitrogens with zero attached hydrogens (tertiary/aromatic N) is 4. The molecule has 1 atom stereocenters. The molecule has 10 heteroatoms. The first kappa shape index (κ1) is 23.2. The van der Waals surface area contributed by atoms with Crippen LogP contribution in [0.25, 0.3) is 11.1 Å². The van der Waals surface area contributed by atoms with Crippen molar-refractivity contribution in [3.8, 4) is 11.1 Å². The lowest BCUT2D eigenvalue weighted by Gasteiger charge is -2.27. The summed E-state index contributed by atoms with van der Waals surface area (Å²) in [7, 11) is 0. The molecule has 3 aromatic heterocycles. The number of carbonyl (C=O) groups excluding carboxylic acids is 2. The normalized spacial score (nSPS) is 16.4. The lowest BCUT2D eigenvalue weighted by Crippen LogP contribution is -2.50. The highest BCUT2D eigenvalue weighted by Crippen LogP contribution is 2.51. The Morgan fingerprint density at radius 3 is 2.51 bits per heavy atom. The molecule has 0 radical (unpaired) electrons. The van der Waals surface area contributed by atoms with Crippen LogP contribution in [0.1, 0.15) is 54.5 Å². The van der Waals surface area contributed by atoms with Gasteiger partial charge in [0.2, 0.25) is 5.91 Å². The third-order valence-corrected chi connectivity index (χ3v) is 7.03. The number of aromatic amines is 1. The van der Waals surface area contributed by atoms with E-state index in [1.807, 2.05) is 20.8 Å². The van der Waals surface area contributed by atoms with Crippen LogP contribution in [-0.2, 0) is 11.3 Å². The Hall–Kier alpha value is -3.56. The zero-order chi connectivity index (χ0) is 24.7. The average molecular weight is 480 g/mol. The molecule has 3 aromatic rings. The van der Waals surface area contributed by atoms with Crippen molar-refractivity contribution in [2.45, 2.75) is 59.0 Å². The predicted octanol–water partition coefficient (Wildman–Crippen LogP) is 3.62. The average Bonchev–Trinajstić information content (AvgIpc) is 3.77. The fraction of sp³-hybridized carbons (Fsp3) is 0.480. The standard InChI is InChI=1S/C25H30FN7O2/c1-4-33-19(9-10-28-33)24(34)29-22(21(15-5-6-15)16-7-8-16)25(35)30-23-18(26)11-17(12-27-23)20-13(2)31-32-14(20)3/h9-12,15-16,21-22H,4-8H2,1-3H3,(H,29,34)(H,31,32)(H,27,30,35)/t22-/m0/s1. The Morgan fingerprint density at radius 1 is 1.23 bits per heavy atom. The van der Waals surface area contributed by atoms with Gasteiger partial charge in [-0.25, -0.2) is 9.37 Å². The maximum absolute atomic E-state index is 15.0. The van der Waals surface area contributed by atoms with Gasteiger partial charge in [-0.1, -0.05) is 0 Å². The number of hydrogen-bond acceptors (Lipinski definition) is 5. The van der Waals surface area contributed by atoms with Gasteiger partial charge in [0.25, 0.3) is 5.91 Å². The maximum atomic E-state index is 15.0. The molecule has 2 aliphatic rings. The number of hydrogen-bond donors (Lipinski definition) is 3. The molecule has 2 amide bonds. The molecule has 0 aliphatic heterocycles. The van der Waals surface area contributed by atoms with E-state index >= 15 is 4.39 Å². The number of pyridine rings is 1. The highest BCUT2D eigenvalue weighted by atomic mass is 19.1. The second-order valence-electron chi connectivity index (χ2n) is 9.59. The van der Waals surface area contributed by atoms with Gasteiger partial charge in [-0.05, 0) is 76.3 Å². The Balaban J connectivity index is 1.39. The first-order chi connectivity index (χ1) is 16.9. The topological polar surface area (TPSA) is 118 Å². The van der Waals surface area contributed by atoms with Gasteiger partial charge in [-0.15, -0.1) is 0 Å². The van der Waals surface area contributed by atoms with E-state index in [0.29, 0.717) is 29.6 Å². The first-order valence-corrected chi connectivity index (χ1v) is 12.2. The van der Waals surface area contributed by atoms with Crippen LogP contribution in [0.5, 0.6) is 0 Å². The van der Waals surface area contributed by atoms with Crippen molar-refractivity contribution in [1.29, 1.82) is 0 Å². The number of amides is 2. The first-order valence-electron chi connectivity index (χ1n) is 12.2. The molecule has 0 bridgehead atoms. The van der Waals surface area contributed by atoms with Gasteiger partial charge in [-0.2, -0.15) is 10.2 Å². The Kier molecular flexibility index (Phi) is 6.12. The molecule has 0 saturated heterocycles. The summed E-state index contributed by atoms with van der Waals surface area (Å²) < 4.78 is 16.6. The number of anilines is 1. The van der Waals surface area contributed by atoms with E-state index in [4.69, 9.17) is 0 Å². The minimum absolute atomic E-state index is 0.0236. The number of aromatic nitrogens is 5. The summed E-state index contributed by atoms with van der Waals surface area (Å²) in [5.41, 5.74) is 3.32. The monoisotopic (exact) mass is 479 g/mol. The summed E-state index contributed by atoms with van der Waals surface area (Å²) in [6, 6.07) is 2.21. The van der Waals surface area contributed by atoms with Crippen molar-refractivity contribution in [1.82, 2.24) is 30.3 Å². The van der Waals surface area contributed by atoms with Crippen LogP contribution in [0, 0.1) is 37.4 Å². The summed E-state index contributed by atoms with van der Waals surface area (Å²) in [5.74, 6) is -0.788. The van der Waals surface area contributed by atoms with Crippen molar-refractivity contribution in [2.24, 2.45) is 17.8 Å². The maximum Gasteiger partial charge on any atom is 0.270 e. The summed E-state index contributed by atoms with van der Waals surface area (Å²) >= 11 is 0. The van der Waals surface area contributed by atoms with Gasteiger partial charge in [0, 0.05) is 35.8 Å². The van der Waals surface area contributed by atoms with Gasteiger partial charge in [-0.3, -0.25) is 19.4 Å². The summed E-state index contributed by atoms with van der Waals surface area (Å²) in [6.07, 6.45) is 7.25.